The van der Waals surface area contributed by atoms with Crippen molar-refractivity contribution in [2.45, 2.75) is 91.7 Å². The van der Waals surface area contributed by atoms with E-state index >= 15 is 0 Å². The number of hydrogen-bond donors (Lipinski definition) is 2. The fraction of sp³-hybridized carbons (Fsp3) is 0.615. The Hall–Kier alpha value is -2.94. The van der Waals surface area contributed by atoms with E-state index in [1.807, 2.05) is 13.8 Å². The van der Waals surface area contributed by atoms with Crippen molar-refractivity contribution >= 4 is 23.9 Å². The largest absolute Gasteiger partial charge is 0.480 e. The third-order valence-electron chi connectivity index (χ3n) is 5.74. The molecular weight excluding hydrogens is 454 g/mol. The van der Waals surface area contributed by atoms with E-state index in [2.05, 4.69) is 0 Å². The fourth-order valence-corrected chi connectivity index (χ4v) is 3.79. The Balaban J connectivity index is 3.41. The van der Waals surface area contributed by atoms with Crippen LogP contribution in [0.3, 0.4) is 0 Å². The number of carbonyl (C=O) groups excluding carboxylic acids is 3. The van der Waals surface area contributed by atoms with E-state index in [1.165, 1.54) is 19.1 Å². The van der Waals surface area contributed by atoms with Crippen LogP contribution in [0.4, 0.5) is 0 Å². The molecule has 35 heavy (non-hydrogen) atoms. The van der Waals surface area contributed by atoms with Gasteiger partial charge in [-0.05, 0) is 43.9 Å². The van der Waals surface area contributed by atoms with Crippen LogP contribution in [0.1, 0.15) is 85.1 Å². The zero-order valence-corrected chi connectivity index (χ0v) is 21.5. The van der Waals surface area contributed by atoms with Crippen LogP contribution in [0.25, 0.3) is 0 Å². The zero-order valence-electron chi connectivity index (χ0n) is 21.5. The molecule has 0 aliphatic rings. The van der Waals surface area contributed by atoms with Gasteiger partial charge in [0.2, 0.25) is 0 Å². The molecule has 0 amide bonds. The van der Waals surface area contributed by atoms with Gasteiger partial charge in [-0.1, -0.05) is 46.6 Å². The van der Waals surface area contributed by atoms with Crippen molar-refractivity contribution in [3.63, 3.8) is 0 Å². The molecule has 0 saturated carbocycles. The average molecular weight is 494 g/mol. The van der Waals surface area contributed by atoms with E-state index in [0.29, 0.717) is 18.4 Å². The molecule has 196 valence electrons. The van der Waals surface area contributed by atoms with Crippen LogP contribution in [-0.2, 0) is 23.9 Å². The number of benzene rings is 1. The summed E-state index contributed by atoms with van der Waals surface area (Å²) < 4.78 is 16.3. The lowest BCUT2D eigenvalue weighted by atomic mass is 9.87. The van der Waals surface area contributed by atoms with Crippen LogP contribution < -0.4 is 15.2 Å². The highest BCUT2D eigenvalue weighted by Crippen LogP contribution is 2.35. The van der Waals surface area contributed by atoms with Crippen LogP contribution >= 0.6 is 0 Å². The van der Waals surface area contributed by atoms with Crippen molar-refractivity contribution in [2.24, 2.45) is 17.6 Å². The molecule has 3 N–H and O–H groups in total. The molecular formula is C26H39NO8. The van der Waals surface area contributed by atoms with Gasteiger partial charge in [0.05, 0.1) is 17.9 Å². The minimum absolute atomic E-state index is 0.00947. The molecule has 9 nitrogen and oxygen atoms in total. The zero-order chi connectivity index (χ0) is 26.7. The summed E-state index contributed by atoms with van der Waals surface area (Å²) in [6.07, 6.45) is 2.37. The van der Waals surface area contributed by atoms with Crippen molar-refractivity contribution in [3.8, 4) is 11.5 Å². The minimum Gasteiger partial charge on any atom is -0.480 e. The number of esters is 3. The lowest BCUT2D eigenvalue weighted by Gasteiger charge is -2.25. The van der Waals surface area contributed by atoms with Crippen LogP contribution in [0.2, 0.25) is 0 Å². The van der Waals surface area contributed by atoms with Gasteiger partial charge in [0, 0.05) is 12.8 Å². The topological polar surface area (TPSA) is 142 Å². The van der Waals surface area contributed by atoms with Gasteiger partial charge in [-0.15, -0.1) is 0 Å². The first-order valence-corrected chi connectivity index (χ1v) is 12.1. The Bertz CT molecular complexity index is 884. The maximum atomic E-state index is 12.7. The molecule has 4 unspecified atom stereocenters. The third-order valence-corrected chi connectivity index (χ3v) is 5.74. The second kappa shape index (κ2) is 14.5. The Labute approximate surface area is 207 Å². The van der Waals surface area contributed by atoms with E-state index in [4.69, 9.17) is 19.9 Å². The quantitative estimate of drug-likeness (QED) is 0.288. The molecule has 0 saturated heterocycles. The number of hydrogen-bond acceptors (Lipinski definition) is 8. The van der Waals surface area contributed by atoms with Gasteiger partial charge in [-0.2, -0.15) is 0 Å². The summed E-state index contributed by atoms with van der Waals surface area (Å²) in [6, 6.07) is 3.20. The van der Waals surface area contributed by atoms with Gasteiger partial charge in [-0.3, -0.25) is 19.2 Å². The predicted molar refractivity (Wildman–Crippen MR) is 130 cm³/mol. The normalized spacial score (nSPS) is 15.3. The number of carboxylic acid groups (broad SMARTS) is 1. The third kappa shape index (κ3) is 9.68. The Morgan fingerprint density at radius 1 is 0.914 bits per heavy atom. The molecule has 0 aromatic heterocycles. The maximum Gasteiger partial charge on any atom is 0.321 e. The number of carbonyl (C=O) groups is 4. The summed E-state index contributed by atoms with van der Waals surface area (Å²) in [4.78, 5) is 48.2. The van der Waals surface area contributed by atoms with Crippen molar-refractivity contribution in [3.05, 3.63) is 23.8 Å². The Kier molecular flexibility index (Phi) is 12.4. The molecule has 1 aromatic carbocycles. The number of aliphatic carboxylic acids is 1. The number of nitrogens with two attached hydrogens (primary N) is 1. The smallest absolute Gasteiger partial charge is 0.321 e. The van der Waals surface area contributed by atoms with Crippen molar-refractivity contribution in [1.29, 1.82) is 0 Å². The van der Waals surface area contributed by atoms with Crippen LogP contribution in [0.15, 0.2) is 18.2 Å². The van der Waals surface area contributed by atoms with E-state index in [0.717, 1.165) is 12.8 Å². The highest BCUT2D eigenvalue weighted by Gasteiger charge is 2.30. The van der Waals surface area contributed by atoms with E-state index in [1.54, 1.807) is 26.8 Å². The Morgan fingerprint density at radius 2 is 1.43 bits per heavy atom. The summed E-state index contributed by atoms with van der Waals surface area (Å²) in [6.45, 7) is 10.3. The number of ether oxygens (including phenoxy) is 3. The van der Waals surface area contributed by atoms with Gasteiger partial charge < -0.3 is 25.1 Å². The van der Waals surface area contributed by atoms with E-state index in [9.17, 15) is 24.3 Å². The summed E-state index contributed by atoms with van der Waals surface area (Å²) >= 11 is 0. The average Bonchev–Trinajstić information content (AvgIpc) is 2.77. The monoisotopic (exact) mass is 493 g/mol. The SMILES string of the molecule is CCCC(C)C(=O)Oc1ccc(C(CC(C)OC(C)=O)[C@H](N)C(=O)O)cc1OC(=O)C(C)CCC. The first kappa shape index (κ1) is 30.1. The minimum atomic E-state index is -1.31. The summed E-state index contributed by atoms with van der Waals surface area (Å²) in [5.41, 5.74) is 6.42. The van der Waals surface area contributed by atoms with E-state index in [-0.39, 0.29) is 29.8 Å². The molecule has 5 atom stereocenters. The Morgan fingerprint density at radius 3 is 1.89 bits per heavy atom. The number of carboxylic acids is 1. The van der Waals surface area contributed by atoms with Gasteiger partial charge in [-0.25, -0.2) is 0 Å². The molecule has 0 bridgehead atoms. The van der Waals surface area contributed by atoms with Crippen LogP contribution in [-0.4, -0.2) is 41.1 Å². The van der Waals surface area contributed by atoms with E-state index < -0.39 is 41.9 Å². The van der Waals surface area contributed by atoms with Crippen molar-refractivity contribution in [2.75, 3.05) is 0 Å². The fourth-order valence-electron chi connectivity index (χ4n) is 3.79. The first-order chi connectivity index (χ1) is 16.4. The van der Waals surface area contributed by atoms with Gasteiger partial charge in [0.15, 0.2) is 11.5 Å². The second-order valence-corrected chi connectivity index (χ2v) is 9.05. The number of rotatable bonds is 14. The highest BCUT2D eigenvalue weighted by atomic mass is 16.6. The summed E-state index contributed by atoms with van der Waals surface area (Å²) in [7, 11) is 0. The molecule has 1 aromatic rings. The molecule has 0 radical (unpaired) electrons. The lowest BCUT2D eigenvalue weighted by molar-refractivity contribution is -0.146. The highest BCUT2D eigenvalue weighted by molar-refractivity contribution is 5.79. The molecule has 0 heterocycles. The van der Waals surface area contributed by atoms with Crippen LogP contribution in [0, 0.1) is 11.8 Å². The molecule has 0 spiro atoms. The molecule has 0 aliphatic heterocycles. The van der Waals surface area contributed by atoms with Crippen LogP contribution in [0.5, 0.6) is 11.5 Å². The maximum absolute atomic E-state index is 12.7. The lowest BCUT2D eigenvalue weighted by Crippen LogP contribution is -2.38. The molecule has 1 rings (SSSR count). The predicted octanol–water partition coefficient (Wildman–Crippen LogP) is 4.21. The standard InChI is InChI=1S/C26H39NO8/c1-7-9-15(3)25(31)34-21-12-11-19(14-22(21)35-26(32)16(4)10-8-2)20(23(27)24(29)30)13-17(5)33-18(6)28/h11-12,14-17,20,23H,7-10,13,27H2,1-6H3,(H,29,30)/t15?,16?,17?,20?,23-/m0/s1. The van der Waals surface area contributed by atoms with Gasteiger partial charge >= 0.3 is 23.9 Å². The first-order valence-electron chi connectivity index (χ1n) is 12.1. The molecule has 0 aliphatic carbocycles. The molecule has 9 heteroatoms. The van der Waals surface area contributed by atoms with Gasteiger partial charge in [0.1, 0.15) is 6.04 Å². The summed E-state index contributed by atoms with van der Waals surface area (Å²) in [5, 5.41) is 9.55. The summed E-state index contributed by atoms with van der Waals surface area (Å²) in [5.74, 6) is -4.10. The second-order valence-electron chi connectivity index (χ2n) is 9.05. The van der Waals surface area contributed by atoms with Crippen molar-refractivity contribution < 1.29 is 38.5 Å². The van der Waals surface area contributed by atoms with Crippen molar-refractivity contribution in [1.82, 2.24) is 0 Å². The van der Waals surface area contributed by atoms with Gasteiger partial charge in [0.25, 0.3) is 0 Å². The molecule has 0 fully saturated rings.